The summed E-state index contributed by atoms with van der Waals surface area (Å²) in [4.78, 5) is 2.40. The molecule has 0 saturated heterocycles. The molecule has 0 aliphatic carbocycles. The van der Waals surface area contributed by atoms with Crippen LogP contribution in [0.25, 0.3) is 71.6 Å². The van der Waals surface area contributed by atoms with Gasteiger partial charge in [-0.2, -0.15) is 0 Å². The van der Waals surface area contributed by atoms with Gasteiger partial charge in [0.1, 0.15) is 0 Å². The maximum atomic E-state index is 2.40. The fourth-order valence-corrected chi connectivity index (χ4v) is 7.94. The zero-order valence-corrected chi connectivity index (χ0v) is 29.7. The molecular formula is C52H36N2. The number of hydrogen-bond acceptors (Lipinski definition) is 1. The van der Waals surface area contributed by atoms with Crippen molar-refractivity contribution in [3.63, 3.8) is 0 Å². The second-order valence-electron chi connectivity index (χ2n) is 13.8. The van der Waals surface area contributed by atoms with Crippen molar-refractivity contribution < 1.29 is 0 Å². The van der Waals surface area contributed by atoms with Gasteiger partial charge < -0.3 is 9.47 Å². The third-order valence-electron chi connectivity index (χ3n) is 10.6. The molecular weight excluding hydrogens is 653 g/mol. The van der Waals surface area contributed by atoms with Crippen LogP contribution in [0.15, 0.2) is 218 Å². The van der Waals surface area contributed by atoms with Crippen molar-refractivity contribution in [1.29, 1.82) is 0 Å². The maximum Gasteiger partial charge on any atom is 0.0541 e. The van der Waals surface area contributed by atoms with Crippen molar-refractivity contribution in [2.45, 2.75) is 0 Å². The van der Waals surface area contributed by atoms with Crippen LogP contribution in [0.3, 0.4) is 0 Å². The first-order chi connectivity index (χ1) is 26.8. The quantitative estimate of drug-likeness (QED) is 0.162. The van der Waals surface area contributed by atoms with Crippen LogP contribution in [0.1, 0.15) is 0 Å². The number of rotatable bonds is 7. The molecule has 1 aromatic heterocycles. The van der Waals surface area contributed by atoms with Gasteiger partial charge in [-0.25, -0.2) is 0 Å². The molecule has 0 aliphatic rings. The van der Waals surface area contributed by atoms with Crippen LogP contribution < -0.4 is 4.90 Å². The highest BCUT2D eigenvalue weighted by molar-refractivity contribution is 6.09. The van der Waals surface area contributed by atoms with Crippen LogP contribution in [0.4, 0.5) is 17.1 Å². The van der Waals surface area contributed by atoms with Crippen molar-refractivity contribution in [2.24, 2.45) is 0 Å². The molecule has 0 spiro atoms. The summed E-state index contributed by atoms with van der Waals surface area (Å²) in [6, 6.07) is 78.9. The van der Waals surface area contributed by atoms with E-state index in [1.165, 1.54) is 66.0 Å². The minimum absolute atomic E-state index is 1.09. The summed E-state index contributed by atoms with van der Waals surface area (Å²) < 4.78 is 2.38. The summed E-state index contributed by atoms with van der Waals surface area (Å²) in [5.41, 5.74) is 14.0. The first-order valence-corrected chi connectivity index (χ1v) is 18.5. The molecule has 10 rings (SSSR count). The zero-order valence-electron chi connectivity index (χ0n) is 29.7. The zero-order chi connectivity index (χ0) is 35.8. The van der Waals surface area contributed by atoms with Crippen molar-refractivity contribution >= 4 is 49.6 Å². The van der Waals surface area contributed by atoms with E-state index < -0.39 is 0 Å². The van der Waals surface area contributed by atoms with Crippen molar-refractivity contribution in [3.05, 3.63) is 218 Å². The summed E-state index contributed by atoms with van der Waals surface area (Å²) in [5, 5.41) is 5.02. The van der Waals surface area contributed by atoms with Gasteiger partial charge in [0.15, 0.2) is 0 Å². The number of para-hydroxylation sites is 2. The molecule has 0 unspecified atom stereocenters. The Balaban J connectivity index is 1.13. The van der Waals surface area contributed by atoms with Gasteiger partial charge in [-0.15, -0.1) is 0 Å². The first kappa shape index (κ1) is 31.6. The average Bonchev–Trinajstić information content (AvgIpc) is 3.59. The van der Waals surface area contributed by atoms with Crippen LogP contribution in [0.2, 0.25) is 0 Å². The molecule has 1 heterocycles. The van der Waals surface area contributed by atoms with E-state index in [0.717, 1.165) is 22.7 Å². The van der Waals surface area contributed by atoms with Gasteiger partial charge in [-0.3, -0.25) is 0 Å². The summed E-state index contributed by atoms with van der Waals surface area (Å²) in [5.74, 6) is 0. The van der Waals surface area contributed by atoms with Crippen molar-refractivity contribution in [3.8, 4) is 39.1 Å². The Bertz CT molecular complexity index is 2850. The Kier molecular flexibility index (Phi) is 7.85. The average molecular weight is 689 g/mol. The maximum absolute atomic E-state index is 2.40. The molecule has 0 saturated carbocycles. The van der Waals surface area contributed by atoms with E-state index in [1.54, 1.807) is 0 Å². The topological polar surface area (TPSA) is 8.17 Å². The van der Waals surface area contributed by atoms with E-state index in [1.807, 2.05) is 0 Å². The molecule has 9 aromatic carbocycles. The fourth-order valence-electron chi connectivity index (χ4n) is 7.94. The molecule has 0 N–H and O–H groups in total. The van der Waals surface area contributed by atoms with E-state index in [2.05, 4.69) is 228 Å². The molecule has 2 heteroatoms. The largest absolute Gasteiger partial charge is 0.310 e. The molecule has 254 valence electrons. The molecule has 0 bridgehead atoms. The molecule has 0 atom stereocenters. The van der Waals surface area contributed by atoms with Crippen molar-refractivity contribution in [2.75, 3.05) is 4.90 Å². The minimum atomic E-state index is 1.09. The third kappa shape index (κ3) is 5.62. The predicted octanol–water partition coefficient (Wildman–Crippen LogP) is 14.4. The SMILES string of the molecule is c1ccc(-c2ccc(N(c3ccc(-c4ccc5ccccc5c4)cc3)c3ccc(-n4c5ccccc5c5ccccc54)cc3)c(-c3ccccc3)c2)cc1. The molecule has 0 aliphatic heterocycles. The first-order valence-electron chi connectivity index (χ1n) is 18.5. The number of aromatic nitrogens is 1. The second-order valence-corrected chi connectivity index (χ2v) is 13.8. The Morgan fingerprint density at radius 3 is 1.46 bits per heavy atom. The summed E-state index contributed by atoms with van der Waals surface area (Å²) >= 11 is 0. The highest BCUT2D eigenvalue weighted by Gasteiger charge is 2.19. The second kappa shape index (κ2) is 13.4. The van der Waals surface area contributed by atoms with E-state index in [9.17, 15) is 0 Å². The van der Waals surface area contributed by atoms with Crippen LogP contribution in [0, 0.1) is 0 Å². The lowest BCUT2D eigenvalue weighted by Crippen LogP contribution is -2.11. The van der Waals surface area contributed by atoms with Gasteiger partial charge >= 0.3 is 0 Å². The van der Waals surface area contributed by atoms with Crippen LogP contribution in [-0.4, -0.2) is 4.57 Å². The van der Waals surface area contributed by atoms with Gasteiger partial charge in [0.05, 0.1) is 16.7 Å². The van der Waals surface area contributed by atoms with Crippen LogP contribution >= 0.6 is 0 Å². The van der Waals surface area contributed by atoms with Gasteiger partial charge in [-0.05, 0) is 105 Å². The lowest BCUT2D eigenvalue weighted by atomic mass is 9.96. The number of hydrogen-bond donors (Lipinski definition) is 0. The Labute approximate surface area is 315 Å². The summed E-state index contributed by atoms with van der Waals surface area (Å²) in [6.45, 7) is 0. The van der Waals surface area contributed by atoms with Crippen LogP contribution in [0.5, 0.6) is 0 Å². The third-order valence-corrected chi connectivity index (χ3v) is 10.6. The number of nitrogens with zero attached hydrogens (tertiary/aromatic N) is 2. The van der Waals surface area contributed by atoms with Crippen LogP contribution in [-0.2, 0) is 0 Å². The molecule has 2 nitrogen and oxygen atoms in total. The van der Waals surface area contributed by atoms with E-state index in [-0.39, 0.29) is 0 Å². The van der Waals surface area contributed by atoms with Gasteiger partial charge in [0.25, 0.3) is 0 Å². The number of fused-ring (bicyclic) bond motifs is 4. The Morgan fingerprint density at radius 1 is 0.315 bits per heavy atom. The lowest BCUT2D eigenvalue weighted by Gasteiger charge is -2.29. The predicted molar refractivity (Wildman–Crippen MR) is 229 cm³/mol. The molecule has 0 fully saturated rings. The fraction of sp³-hybridized carbons (Fsp3) is 0. The smallest absolute Gasteiger partial charge is 0.0541 e. The summed E-state index contributed by atoms with van der Waals surface area (Å²) in [7, 11) is 0. The molecule has 10 aromatic rings. The van der Waals surface area contributed by atoms with E-state index >= 15 is 0 Å². The summed E-state index contributed by atoms with van der Waals surface area (Å²) in [6.07, 6.45) is 0. The molecule has 0 radical (unpaired) electrons. The Morgan fingerprint density at radius 2 is 0.796 bits per heavy atom. The minimum Gasteiger partial charge on any atom is -0.310 e. The highest BCUT2D eigenvalue weighted by atomic mass is 15.1. The van der Waals surface area contributed by atoms with Crippen molar-refractivity contribution in [1.82, 2.24) is 4.57 Å². The molecule has 0 amide bonds. The van der Waals surface area contributed by atoms with Gasteiger partial charge in [0, 0.05) is 33.4 Å². The van der Waals surface area contributed by atoms with E-state index in [4.69, 9.17) is 0 Å². The Hall–Kier alpha value is -7.16. The monoisotopic (exact) mass is 688 g/mol. The van der Waals surface area contributed by atoms with E-state index in [0.29, 0.717) is 0 Å². The highest BCUT2D eigenvalue weighted by Crippen LogP contribution is 2.44. The lowest BCUT2D eigenvalue weighted by molar-refractivity contribution is 1.17. The normalized spacial score (nSPS) is 11.3. The van der Waals surface area contributed by atoms with Gasteiger partial charge in [0.2, 0.25) is 0 Å². The van der Waals surface area contributed by atoms with Gasteiger partial charge in [-0.1, -0.05) is 152 Å². The number of benzene rings is 9. The standard InChI is InChI=1S/C52H36N2/c1-3-13-37(14-4-1)43-27-34-52(49(36-43)40-16-5-2-6-17-40)53(44-28-25-39(26-29-44)42-24-23-38-15-7-8-18-41(38)35-42)45-30-32-46(33-31-45)54-50-21-11-9-19-47(50)48-20-10-12-22-51(48)54/h1-36H. The molecule has 54 heavy (non-hydrogen) atoms. The number of anilines is 3.